The maximum absolute atomic E-state index is 12.7. The van der Waals surface area contributed by atoms with E-state index in [4.69, 9.17) is 4.74 Å². The predicted molar refractivity (Wildman–Crippen MR) is 81.4 cm³/mol. The van der Waals surface area contributed by atoms with E-state index in [0.29, 0.717) is 30.6 Å². The lowest BCUT2D eigenvalue weighted by Gasteiger charge is -2.30. The molecule has 2 aliphatic rings. The molecule has 25 heavy (non-hydrogen) atoms. The molecule has 0 bridgehead atoms. The number of ether oxygens (including phenoxy) is 1. The minimum absolute atomic E-state index is 0.103. The highest BCUT2D eigenvalue weighted by Gasteiger charge is 2.49. The van der Waals surface area contributed by atoms with Gasteiger partial charge in [-0.25, -0.2) is 4.79 Å². The van der Waals surface area contributed by atoms with Crippen LogP contribution in [0.2, 0.25) is 0 Å². The number of hydrogen-bond donors (Lipinski definition) is 0. The van der Waals surface area contributed by atoms with Crippen molar-refractivity contribution in [3.8, 4) is 0 Å². The van der Waals surface area contributed by atoms with Gasteiger partial charge in [0.2, 0.25) is 5.91 Å². The highest BCUT2D eigenvalue weighted by atomic mass is 19.4. The third-order valence-electron chi connectivity index (χ3n) is 4.59. The van der Waals surface area contributed by atoms with E-state index in [1.54, 1.807) is 0 Å². The molecule has 0 radical (unpaired) electrons. The molecule has 0 aliphatic carbocycles. The Labute approximate surface area is 144 Å². The first kappa shape index (κ1) is 19.5. The van der Waals surface area contributed by atoms with E-state index in [0.717, 1.165) is 6.42 Å². The fourth-order valence-corrected chi connectivity index (χ4v) is 3.31. The number of rotatable bonds is 5. The van der Waals surface area contributed by atoms with Gasteiger partial charge in [0.25, 0.3) is 0 Å². The normalized spacial score (nSPS) is 23.8. The van der Waals surface area contributed by atoms with Gasteiger partial charge in [-0.2, -0.15) is 13.2 Å². The summed E-state index contributed by atoms with van der Waals surface area (Å²) >= 11 is 0. The van der Waals surface area contributed by atoms with Crippen LogP contribution in [0, 0.1) is 0 Å². The monoisotopic (exact) mass is 364 g/mol. The number of carbonyl (C=O) groups excluding carboxylic acids is 3. The van der Waals surface area contributed by atoms with Gasteiger partial charge in [0.05, 0.1) is 6.61 Å². The van der Waals surface area contributed by atoms with Gasteiger partial charge in [-0.1, -0.05) is 13.3 Å². The van der Waals surface area contributed by atoms with Gasteiger partial charge in [-0.3, -0.25) is 9.59 Å². The van der Waals surface area contributed by atoms with Crippen LogP contribution in [0.15, 0.2) is 0 Å². The quantitative estimate of drug-likeness (QED) is 0.552. The molecular weight excluding hydrogens is 341 g/mol. The molecule has 2 aliphatic heterocycles. The molecular formula is C16H23F3N2O4. The van der Waals surface area contributed by atoms with E-state index in [2.05, 4.69) is 0 Å². The van der Waals surface area contributed by atoms with E-state index in [-0.39, 0.29) is 26.1 Å². The van der Waals surface area contributed by atoms with Crippen molar-refractivity contribution >= 4 is 17.8 Å². The molecule has 0 aromatic carbocycles. The van der Waals surface area contributed by atoms with Gasteiger partial charge >= 0.3 is 18.1 Å². The summed E-state index contributed by atoms with van der Waals surface area (Å²) in [5.41, 5.74) is 0. The van der Waals surface area contributed by atoms with Crippen molar-refractivity contribution in [3.63, 3.8) is 0 Å². The summed E-state index contributed by atoms with van der Waals surface area (Å²) in [6.45, 7) is 2.40. The van der Waals surface area contributed by atoms with Crippen molar-refractivity contribution in [1.29, 1.82) is 0 Å². The molecule has 2 fully saturated rings. The molecule has 0 N–H and O–H groups in total. The zero-order valence-electron chi connectivity index (χ0n) is 14.2. The Morgan fingerprint density at radius 3 is 2.24 bits per heavy atom. The van der Waals surface area contributed by atoms with Gasteiger partial charge in [-0.15, -0.1) is 0 Å². The van der Waals surface area contributed by atoms with Crippen LogP contribution < -0.4 is 0 Å². The van der Waals surface area contributed by atoms with Crippen molar-refractivity contribution < 1.29 is 32.3 Å². The highest BCUT2D eigenvalue weighted by molar-refractivity contribution is 5.93. The first-order chi connectivity index (χ1) is 11.8. The van der Waals surface area contributed by atoms with E-state index >= 15 is 0 Å². The Morgan fingerprint density at radius 2 is 1.64 bits per heavy atom. The van der Waals surface area contributed by atoms with Gasteiger partial charge in [0, 0.05) is 13.1 Å². The molecule has 142 valence electrons. The Hall–Kier alpha value is -1.80. The molecule has 0 unspecified atom stereocenters. The van der Waals surface area contributed by atoms with E-state index < -0.39 is 36.0 Å². The van der Waals surface area contributed by atoms with Crippen LogP contribution in [-0.2, 0) is 19.1 Å². The summed E-state index contributed by atoms with van der Waals surface area (Å²) in [6.07, 6.45) is -1.92. The van der Waals surface area contributed by atoms with E-state index in [9.17, 15) is 27.6 Å². The lowest BCUT2D eigenvalue weighted by Crippen LogP contribution is -2.53. The zero-order chi connectivity index (χ0) is 18.6. The highest BCUT2D eigenvalue weighted by Crippen LogP contribution is 2.29. The third kappa shape index (κ3) is 4.43. The maximum Gasteiger partial charge on any atom is 0.471 e. The van der Waals surface area contributed by atoms with Crippen molar-refractivity contribution in [3.05, 3.63) is 0 Å². The number of alkyl halides is 3. The minimum Gasteiger partial charge on any atom is -0.464 e. The summed E-state index contributed by atoms with van der Waals surface area (Å²) in [5.74, 6) is -3.11. The van der Waals surface area contributed by atoms with E-state index in [1.165, 1.54) is 4.90 Å². The third-order valence-corrected chi connectivity index (χ3v) is 4.59. The van der Waals surface area contributed by atoms with Crippen LogP contribution in [-0.4, -0.2) is 65.5 Å². The number of carbonyl (C=O) groups is 3. The molecule has 2 rings (SSSR count). The average Bonchev–Trinajstić information content (AvgIpc) is 3.21. The van der Waals surface area contributed by atoms with Crippen LogP contribution in [0.4, 0.5) is 13.2 Å². The lowest BCUT2D eigenvalue weighted by atomic mass is 10.1. The fourth-order valence-electron chi connectivity index (χ4n) is 3.31. The molecule has 2 atom stereocenters. The second-order valence-electron chi connectivity index (χ2n) is 6.37. The molecule has 2 heterocycles. The first-order valence-corrected chi connectivity index (χ1v) is 8.62. The average molecular weight is 364 g/mol. The minimum atomic E-state index is -5.01. The molecule has 0 aromatic rings. The number of nitrogens with zero attached hydrogens (tertiary/aromatic N) is 2. The molecule has 0 saturated carbocycles. The van der Waals surface area contributed by atoms with Crippen molar-refractivity contribution in [2.45, 2.75) is 63.7 Å². The summed E-state index contributed by atoms with van der Waals surface area (Å²) in [6, 6.07) is -1.93. The predicted octanol–water partition coefficient (Wildman–Crippen LogP) is 1.87. The number of halogens is 3. The Morgan fingerprint density at radius 1 is 1.04 bits per heavy atom. The van der Waals surface area contributed by atoms with Crippen LogP contribution >= 0.6 is 0 Å². The molecule has 9 heteroatoms. The molecule has 2 saturated heterocycles. The van der Waals surface area contributed by atoms with Gasteiger partial charge < -0.3 is 14.5 Å². The standard InChI is InChI=1S/C16H23F3N2O4/c1-2-3-10-25-14(23)12-7-5-8-20(12)13(22)11-6-4-9-21(11)15(24)16(17,18)19/h11-12H,2-10H2,1H3/t11-,12-/m0/s1. The summed E-state index contributed by atoms with van der Waals surface area (Å²) in [7, 11) is 0. The second-order valence-corrected chi connectivity index (χ2v) is 6.37. The smallest absolute Gasteiger partial charge is 0.464 e. The topological polar surface area (TPSA) is 66.9 Å². The summed E-state index contributed by atoms with van der Waals surface area (Å²) < 4.78 is 43.3. The number of esters is 1. The number of unbranched alkanes of at least 4 members (excludes halogenated alkanes) is 1. The summed E-state index contributed by atoms with van der Waals surface area (Å²) in [4.78, 5) is 38.2. The van der Waals surface area contributed by atoms with Crippen LogP contribution in [0.5, 0.6) is 0 Å². The molecule has 0 spiro atoms. The maximum atomic E-state index is 12.7. The number of hydrogen-bond acceptors (Lipinski definition) is 4. The first-order valence-electron chi connectivity index (χ1n) is 8.62. The van der Waals surface area contributed by atoms with Crippen molar-refractivity contribution in [1.82, 2.24) is 9.80 Å². The second kappa shape index (κ2) is 8.05. The molecule has 2 amide bonds. The van der Waals surface area contributed by atoms with Crippen LogP contribution in [0.25, 0.3) is 0 Å². The number of amides is 2. The largest absolute Gasteiger partial charge is 0.471 e. The van der Waals surface area contributed by atoms with Crippen molar-refractivity contribution in [2.75, 3.05) is 19.7 Å². The Balaban J connectivity index is 2.05. The summed E-state index contributed by atoms with van der Waals surface area (Å²) in [5, 5.41) is 0. The zero-order valence-corrected chi connectivity index (χ0v) is 14.2. The van der Waals surface area contributed by atoms with Crippen LogP contribution in [0.1, 0.15) is 45.4 Å². The molecule has 0 aromatic heterocycles. The van der Waals surface area contributed by atoms with Crippen LogP contribution in [0.3, 0.4) is 0 Å². The lowest BCUT2D eigenvalue weighted by molar-refractivity contribution is -0.187. The van der Waals surface area contributed by atoms with Crippen molar-refractivity contribution in [2.24, 2.45) is 0 Å². The van der Waals surface area contributed by atoms with Gasteiger partial charge in [-0.05, 0) is 32.1 Å². The SMILES string of the molecule is CCCCOC(=O)[C@@H]1CCCN1C(=O)[C@@H]1CCCN1C(=O)C(F)(F)F. The molecule has 6 nitrogen and oxygen atoms in total. The Kier molecular flexibility index (Phi) is 6.29. The number of likely N-dealkylation sites (tertiary alicyclic amines) is 2. The Bertz CT molecular complexity index is 524. The van der Waals surface area contributed by atoms with Gasteiger partial charge in [0.1, 0.15) is 12.1 Å². The fraction of sp³-hybridized carbons (Fsp3) is 0.812. The van der Waals surface area contributed by atoms with E-state index in [1.807, 2.05) is 6.92 Å². The van der Waals surface area contributed by atoms with Gasteiger partial charge in [0.15, 0.2) is 0 Å².